The van der Waals surface area contributed by atoms with Crippen LogP contribution in [0.3, 0.4) is 0 Å². The van der Waals surface area contributed by atoms with Gasteiger partial charge in [0.05, 0.1) is 5.39 Å². The Morgan fingerprint density at radius 3 is 2.71 bits per heavy atom. The van der Waals surface area contributed by atoms with Crippen LogP contribution in [-0.2, 0) is 10.3 Å². The number of methoxy groups -OCH3 is 1. The van der Waals surface area contributed by atoms with Gasteiger partial charge in [-0.05, 0) is 44.6 Å². The van der Waals surface area contributed by atoms with Gasteiger partial charge >= 0.3 is 0 Å². The van der Waals surface area contributed by atoms with Crippen molar-refractivity contribution in [3.8, 4) is 0 Å². The van der Waals surface area contributed by atoms with E-state index in [-0.39, 0.29) is 5.60 Å². The molecular formula is C15H22N4OS. The molecule has 2 aromatic heterocycles. The normalized spacial score (nSPS) is 26.2. The van der Waals surface area contributed by atoms with Gasteiger partial charge in [-0.15, -0.1) is 11.3 Å². The molecule has 0 aromatic carbocycles. The monoisotopic (exact) mass is 306 g/mol. The molecule has 0 atom stereocenters. The lowest BCUT2D eigenvalue weighted by atomic mass is 9.79. The molecular weight excluding hydrogens is 284 g/mol. The first-order chi connectivity index (χ1) is 10.1. The zero-order valence-electron chi connectivity index (χ0n) is 12.8. The molecule has 0 amide bonds. The predicted molar refractivity (Wildman–Crippen MR) is 86.3 cm³/mol. The van der Waals surface area contributed by atoms with Gasteiger partial charge < -0.3 is 10.2 Å². The Bertz CT molecular complexity index is 646. The zero-order chi connectivity index (χ0) is 15.0. The second-order valence-electron chi connectivity index (χ2n) is 6.00. The van der Waals surface area contributed by atoms with Gasteiger partial charge in [-0.25, -0.2) is 15.8 Å². The van der Waals surface area contributed by atoms with Gasteiger partial charge in [0.2, 0.25) is 0 Å². The van der Waals surface area contributed by atoms with Gasteiger partial charge in [-0.3, -0.25) is 0 Å². The molecule has 0 saturated heterocycles. The van der Waals surface area contributed by atoms with E-state index in [1.54, 1.807) is 18.4 Å². The third-order valence-electron chi connectivity index (χ3n) is 4.53. The molecule has 0 radical (unpaired) electrons. The first-order valence-corrected chi connectivity index (χ1v) is 8.20. The number of nitrogen functional groups attached to an aromatic ring is 1. The van der Waals surface area contributed by atoms with Crippen LogP contribution >= 0.6 is 11.3 Å². The van der Waals surface area contributed by atoms with Crippen LogP contribution in [0.1, 0.15) is 43.3 Å². The first kappa shape index (κ1) is 14.7. The lowest BCUT2D eigenvalue weighted by Gasteiger charge is -2.37. The summed E-state index contributed by atoms with van der Waals surface area (Å²) in [6.45, 7) is 4.36. The second-order valence-corrected chi connectivity index (χ2v) is 7.23. The molecule has 21 heavy (non-hydrogen) atoms. The third kappa shape index (κ3) is 2.52. The van der Waals surface area contributed by atoms with Crippen LogP contribution in [-0.4, -0.2) is 17.1 Å². The molecule has 1 fully saturated rings. The molecule has 1 aliphatic carbocycles. The highest BCUT2D eigenvalue weighted by Crippen LogP contribution is 2.42. The van der Waals surface area contributed by atoms with Crippen LogP contribution in [0.5, 0.6) is 0 Å². The summed E-state index contributed by atoms with van der Waals surface area (Å²) >= 11 is 1.67. The Labute approximate surface area is 128 Å². The fourth-order valence-corrected chi connectivity index (χ4v) is 3.98. The van der Waals surface area contributed by atoms with Gasteiger partial charge in [0.1, 0.15) is 10.4 Å². The summed E-state index contributed by atoms with van der Waals surface area (Å²) in [7, 11) is 1.76. The molecule has 5 nitrogen and oxygen atoms in total. The van der Waals surface area contributed by atoms with E-state index in [1.165, 1.54) is 4.88 Å². The van der Waals surface area contributed by atoms with Crippen LogP contribution in [0.2, 0.25) is 0 Å². The van der Waals surface area contributed by atoms with Crippen molar-refractivity contribution >= 4 is 27.4 Å². The molecule has 3 rings (SSSR count). The molecule has 3 N–H and O–H groups in total. The summed E-state index contributed by atoms with van der Waals surface area (Å²) < 4.78 is 5.88. The standard InChI is InChI=1S/C15H22N4OS/c1-9-4-6-15(20-3,7-5-9)14-17-12(19-16)11-8-10(2)21-13(11)18-14/h8-9H,4-7,16H2,1-3H3,(H,17,18,19). The third-order valence-corrected chi connectivity index (χ3v) is 5.48. The molecule has 1 saturated carbocycles. The Morgan fingerprint density at radius 1 is 1.38 bits per heavy atom. The zero-order valence-corrected chi connectivity index (χ0v) is 13.6. The molecule has 2 aromatic rings. The number of nitrogens with two attached hydrogens (primary N) is 1. The Hall–Kier alpha value is -1.24. The highest BCUT2D eigenvalue weighted by Gasteiger charge is 2.39. The van der Waals surface area contributed by atoms with Crippen molar-refractivity contribution in [2.75, 3.05) is 12.5 Å². The molecule has 0 aliphatic heterocycles. The summed E-state index contributed by atoms with van der Waals surface area (Å²) in [5, 5.41) is 0.985. The van der Waals surface area contributed by atoms with E-state index < -0.39 is 0 Å². The number of rotatable bonds is 3. The summed E-state index contributed by atoms with van der Waals surface area (Å²) in [6, 6.07) is 2.07. The van der Waals surface area contributed by atoms with Gasteiger partial charge in [0.25, 0.3) is 0 Å². The first-order valence-electron chi connectivity index (χ1n) is 7.38. The predicted octanol–water partition coefficient (Wildman–Crippen LogP) is 3.34. The molecule has 0 bridgehead atoms. The number of nitrogens with zero attached hydrogens (tertiary/aromatic N) is 2. The van der Waals surface area contributed by atoms with E-state index >= 15 is 0 Å². The van der Waals surface area contributed by atoms with Crippen molar-refractivity contribution in [2.45, 2.75) is 45.1 Å². The lowest BCUT2D eigenvalue weighted by Crippen LogP contribution is -2.35. The van der Waals surface area contributed by atoms with Crippen LogP contribution < -0.4 is 11.3 Å². The molecule has 114 valence electrons. The summed E-state index contributed by atoms with van der Waals surface area (Å²) in [4.78, 5) is 11.6. The number of nitrogens with one attached hydrogen (secondary N) is 1. The summed E-state index contributed by atoms with van der Waals surface area (Å²) in [6.07, 6.45) is 4.21. The Kier molecular flexibility index (Phi) is 3.86. The van der Waals surface area contributed by atoms with Gasteiger partial charge in [0.15, 0.2) is 11.6 Å². The topological polar surface area (TPSA) is 73.1 Å². The molecule has 0 unspecified atom stereocenters. The minimum atomic E-state index is -0.371. The van der Waals surface area contributed by atoms with E-state index in [0.717, 1.165) is 47.6 Å². The quantitative estimate of drug-likeness (QED) is 0.672. The number of fused-ring (bicyclic) bond motifs is 1. The minimum absolute atomic E-state index is 0.371. The molecule has 2 heterocycles. The van der Waals surface area contributed by atoms with Crippen molar-refractivity contribution < 1.29 is 4.74 Å². The summed E-state index contributed by atoms with van der Waals surface area (Å²) in [5.74, 6) is 7.85. The number of aryl methyl sites for hydroxylation is 1. The lowest BCUT2D eigenvalue weighted by molar-refractivity contribution is -0.0593. The number of hydrazine groups is 1. The number of aromatic nitrogens is 2. The number of ether oxygens (including phenoxy) is 1. The number of thiophene rings is 1. The van der Waals surface area contributed by atoms with Crippen molar-refractivity contribution in [2.24, 2.45) is 11.8 Å². The maximum absolute atomic E-state index is 5.88. The van der Waals surface area contributed by atoms with Gasteiger partial charge in [0, 0.05) is 12.0 Å². The van der Waals surface area contributed by atoms with Crippen LogP contribution in [0.4, 0.5) is 5.82 Å². The van der Waals surface area contributed by atoms with Gasteiger partial charge in [-0.2, -0.15) is 0 Å². The molecule has 6 heteroatoms. The number of anilines is 1. The van der Waals surface area contributed by atoms with E-state index in [4.69, 9.17) is 15.6 Å². The largest absolute Gasteiger partial charge is 0.370 e. The average molecular weight is 306 g/mol. The van der Waals surface area contributed by atoms with Crippen LogP contribution in [0, 0.1) is 12.8 Å². The van der Waals surface area contributed by atoms with Crippen molar-refractivity contribution in [1.82, 2.24) is 9.97 Å². The molecule has 0 spiro atoms. The highest BCUT2D eigenvalue weighted by atomic mass is 32.1. The average Bonchev–Trinajstić information content (AvgIpc) is 2.87. The van der Waals surface area contributed by atoms with Crippen molar-refractivity contribution in [3.05, 3.63) is 16.8 Å². The van der Waals surface area contributed by atoms with Crippen LogP contribution in [0.25, 0.3) is 10.2 Å². The van der Waals surface area contributed by atoms with Gasteiger partial charge in [-0.1, -0.05) is 6.92 Å². The SMILES string of the molecule is COC1(c2nc(NN)c3cc(C)sc3n2)CCC(C)CC1. The highest BCUT2D eigenvalue weighted by molar-refractivity contribution is 7.18. The van der Waals surface area contributed by atoms with E-state index in [1.807, 2.05) is 0 Å². The van der Waals surface area contributed by atoms with E-state index in [9.17, 15) is 0 Å². The Balaban J connectivity index is 2.10. The fourth-order valence-electron chi connectivity index (χ4n) is 3.10. The second kappa shape index (κ2) is 5.51. The summed E-state index contributed by atoms with van der Waals surface area (Å²) in [5.41, 5.74) is 2.34. The maximum Gasteiger partial charge on any atom is 0.164 e. The number of hydrogen-bond acceptors (Lipinski definition) is 6. The fraction of sp³-hybridized carbons (Fsp3) is 0.600. The number of hydrogen-bond donors (Lipinski definition) is 2. The van der Waals surface area contributed by atoms with E-state index in [0.29, 0.717) is 5.82 Å². The van der Waals surface area contributed by atoms with Crippen LogP contribution in [0.15, 0.2) is 6.07 Å². The maximum atomic E-state index is 5.88. The van der Waals surface area contributed by atoms with E-state index in [2.05, 4.69) is 30.3 Å². The molecule has 1 aliphatic rings. The minimum Gasteiger partial charge on any atom is -0.370 e. The van der Waals surface area contributed by atoms with Crippen molar-refractivity contribution in [3.63, 3.8) is 0 Å². The Morgan fingerprint density at radius 2 is 2.10 bits per heavy atom. The van der Waals surface area contributed by atoms with Crippen molar-refractivity contribution in [1.29, 1.82) is 0 Å². The smallest absolute Gasteiger partial charge is 0.164 e.